The summed E-state index contributed by atoms with van der Waals surface area (Å²) in [5, 5.41) is 14.0. The fraction of sp³-hybridized carbons (Fsp3) is 0.385. The molecule has 0 radical (unpaired) electrons. The maximum Gasteiger partial charge on any atom is 0.417 e. The smallest absolute Gasteiger partial charge is 0.310 e. The largest absolute Gasteiger partial charge is 0.417 e. The molecule has 1 aromatic carbocycles. The highest BCUT2D eigenvalue weighted by Crippen LogP contribution is 2.40. The van der Waals surface area contributed by atoms with E-state index in [1.807, 2.05) is 0 Å². The molecule has 0 aliphatic carbocycles. The van der Waals surface area contributed by atoms with Crippen molar-refractivity contribution in [3.8, 4) is 0 Å². The summed E-state index contributed by atoms with van der Waals surface area (Å²) in [7, 11) is 0. The summed E-state index contributed by atoms with van der Waals surface area (Å²) in [6.07, 6.45) is -3.21. The molecule has 0 aromatic heterocycles. The lowest BCUT2D eigenvalue weighted by Crippen LogP contribution is -2.24. The molecule has 1 atom stereocenters. The van der Waals surface area contributed by atoms with E-state index in [1.165, 1.54) is 0 Å². The quantitative estimate of drug-likeness (QED) is 0.684. The van der Waals surface area contributed by atoms with Gasteiger partial charge in [-0.3, -0.25) is 10.1 Å². The number of hydrogen-bond acceptors (Lipinski definition) is 3. The van der Waals surface area contributed by atoms with Crippen molar-refractivity contribution in [2.75, 3.05) is 6.54 Å². The summed E-state index contributed by atoms with van der Waals surface area (Å²) >= 11 is 0. The van der Waals surface area contributed by atoms with Gasteiger partial charge in [0.1, 0.15) is 0 Å². The molecule has 20 heavy (non-hydrogen) atoms. The van der Waals surface area contributed by atoms with E-state index < -0.39 is 27.9 Å². The van der Waals surface area contributed by atoms with Crippen LogP contribution in [0.3, 0.4) is 0 Å². The van der Waals surface area contributed by atoms with Crippen LogP contribution in [-0.4, -0.2) is 17.5 Å². The third-order valence-corrected chi connectivity index (χ3v) is 3.35. The number of nitrogens with one attached hydrogen (secondary N) is 1. The Morgan fingerprint density at radius 1 is 1.45 bits per heavy atom. The van der Waals surface area contributed by atoms with E-state index >= 15 is 0 Å². The summed E-state index contributed by atoms with van der Waals surface area (Å²) in [6.45, 7) is 4.33. The monoisotopic (exact) mass is 286 g/mol. The van der Waals surface area contributed by atoms with Crippen LogP contribution in [0.1, 0.15) is 24.0 Å². The van der Waals surface area contributed by atoms with Gasteiger partial charge in [0.2, 0.25) is 0 Å². The van der Waals surface area contributed by atoms with E-state index in [4.69, 9.17) is 0 Å². The zero-order chi connectivity index (χ0) is 14.9. The first-order valence-electron chi connectivity index (χ1n) is 6.09. The summed E-state index contributed by atoms with van der Waals surface area (Å²) in [4.78, 5) is 10.2. The standard InChI is InChI=1S/C13H13F3N2O2/c1-8(10-5-3-7-17-10)12-9(13(14,15)16)4-2-6-11(12)18(19)20/h2,4,6,10,17H,1,3,5,7H2. The van der Waals surface area contributed by atoms with Gasteiger partial charge in [-0.05, 0) is 31.0 Å². The van der Waals surface area contributed by atoms with Crippen LogP contribution in [0.5, 0.6) is 0 Å². The maximum atomic E-state index is 13.1. The first-order valence-corrected chi connectivity index (χ1v) is 6.09. The van der Waals surface area contributed by atoms with Gasteiger partial charge in [-0.2, -0.15) is 13.2 Å². The Balaban J connectivity index is 2.57. The van der Waals surface area contributed by atoms with Crippen molar-refractivity contribution < 1.29 is 18.1 Å². The third kappa shape index (κ3) is 2.67. The second-order valence-corrected chi connectivity index (χ2v) is 4.63. The van der Waals surface area contributed by atoms with Gasteiger partial charge >= 0.3 is 6.18 Å². The van der Waals surface area contributed by atoms with Crippen LogP contribution in [0, 0.1) is 10.1 Å². The Labute approximate surface area is 113 Å². The lowest BCUT2D eigenvalue weighted by Gasteiger charge is -2.19. The van der Waals surface area contributed by atoms with Crippen LogP contribution in [-0.2, 0) is 6.18 Å². The molecule has 1 saturated heterocycles. The summed E-state index contributed by atoms with van der Waals surface area (Å²) in [5.41, 5.74) is -1.85. The molecule has 0 spiro atoms. The van der Waals surface area contributed by atoms with Crippen molar-refractivity contribution >= 4 is 11.3 Å². The van der Waals surface area contributed by atoms with Gasteiger partial charge in [0.05, 0.1) is 16.1 Å². The number of nitro benzene ring substituents is 1. The highest BCUT2D eigenvalue weighted by Gasteiger charge is 2.38. The SMILES string of the molecule is C=C(c1c([N+](=O)[O-])cccc1C(F)(F)F)C1CCCN1. The molecule has 7 heteroatoms. The first-order chi connectivity index (χ1) is 9.32. The van der Waals surface area contributed by atoms with Crippen molar-refractivity contribution in [2.45, 2.75) is 25.1 Å². The van der Waals surface area contributed by atoms with E-state index in [2.05, 4.69) is 11.9 Å². The van der Waals surface area contributed by atoms with Gasteiger partial charge in [-0.1, -0.05) is 12.6 Å². The van der Waals surface area contributed by atoms with Crippen LogP contribution in [0.4, 0.5) is 18.9 Å². The topological polar surface area (TPSA) is 55.2 Å². The van der Waals surface area contributed by atoms with E-state index in [1.54, 1.807) is 0 Å². The lowest BCUT2D eigenvalue weighted by atomic mass is 9.92. The Morgan fingerprint density at radius 3 is 2.65 bits per heavy atom. The normalized spacial score (nSPS) is 19.1. The Bertz CT molecular complexity index is 549. The van der Waals surface area contributed by atoms with E-state index in [9.17, 15) is 23.3 Å². The molecule has 4 nitrogen and oxygen atoms in total. The predicted octanol–water partition coefficient (Wildman–Crippen LogP) is 3.38. The van der Waals surface area contributed by atoms with Crippen molar-refractivity contribution in [3.63, 3.8) is 0 Å². The van der Waals surface area contributed by atoms with Gasteiger partial charge in [-0.25, -0.2) is 0 Å². The molecule has 1 heterocycles. The lowest BCUT2D eigenvalue weighted by molar-refractivity contribution is -0.385. The fourth-order valence-electron chi connectivity index (χ4n) is 2.42. The molecule has 1 N–H and O–H groups in total. The summed E-state index contributed by atoms with van der Waals surface area (Å²) < 4.78 is 39.2. The zero-order valence-electron chi connectivity index (χ0n) is 10.5. The first kappa shape index (κ1) is 14.5. The van der Waals surface area contributed by atoms with Crippen LogP contribution in [0.25, 0.3) is 5.57 Å². The van der Waals surface area contributed by atoms with Gasteiger partial charge < -0.3 is 5.32 Å². The maximum absolute atomic E-state index is 13.1. The van der Waals surface area contributed by atoms with E-state index in [0.717, 1.165) is 24.6 Å². The molecule has 1 unspecified atom stereocenters. The molecule has 1 fully saturated rings. The second-order valence-electron chi connectivity index (χ2n) is 4.63. The summed E-state index contributed by atoms with van der Waals surface area (Å²) in [5.74, 6) is 0. The second kappa shape index (κ2) is 5.24. The minimum atomic E-state index is -4.65. The van der Waals surface area contributed by atoms with Crippen molar-refractivity contribution in [1.29, 1.82) is 0 Å². The Morgan fingerprint density at radius 2 is 2.15 bits per heavy atom. The van der Waals surface area contributed by atoms with Gasteiger partial charge in [0, 0.05) is 12.1 Å². The van der Waals surface area contributed by atoms with Crippen LogP contribution in [0.2, 0.25) is 0 Å². The van der Waals surface area contributed by atoms with Crippen LogP contribution in [0.15, 0.2) is 24.8 Å². The predicted molar refractivity (Wildman–Crippen MR) is 68.2 cm³/mol. The minimum Gasteiger partial charge on any atom is -0.310 e. The fourth-order valence-corrected chi connectivity index (χ4v) is 2.42. The van der Waals surface area contributed by atoms with Crippen molar-refractivity contribution in [2.24, 2.45) is 0 Å². The van der Waals surface area contributed by atoms with Gasteiger partial charge in [0.15, 0.2) is 0 Å². The Kier molecular flexibility index (Phi) is 3.80. The number of rotatable bonds is 3. The number of benzene rings is 1. The van der Waals surface area contributed by atoms with Gasteiger partial charge in [-0.15, -0.1) is 0 Å². The third-order valence-electron chi connectivity index (χ3n) is 3.35. The molecule has 1 aliphatic heterocycles. The molecule has 1 aliphatic rings. The minimum absolute atomic E-state index is 0.127. The highest BCUT2D eigenvalue weighted by atomic mass is 19.4. The average Bonchev–Trinajstić information content (AvgIpc) is 2.89. The highest BCUT2D eigenvalue weighted by molar-refractivity contribution is 5.77. The van der Waals surface area contributed by atoms with Crippen molar-refractivity contribution in [3.05, 3.63) is 46.0 Å². The molecule has 1 aromatic rings. The molecule has 0 saturated carbocycles. The number of nitrogens with zero attached hydrogens (tertiary/aromatic N) is 1. The van der Waals surface area contributed by atoms with Crippen LogP contribution < -0.4 is 5.32 Å². The Hall–Kier alpha value is -1.89. The number of alkyl halides is 3. The van der Waals surface area contributed by atoms with Crippen molar-refractivity contribution in [1.82, 2.24) is 5.32 Å². The number of halogens is 3. The molecular weight excluding hydrogens is 273 g/mol. The van der Waals surface area contributed by atoms with E-state index in [0.29, 0.717) is 13.0 Å². The van der Waals surface area contributed by atoms with Gasteiger partial charge in [0.25, 0.3) is 5.69 Å². The average molecular weight is 286 g/mol. The summed E-state index contributed by atoms with van der Waals surface area (Å²) in [6, 6.07) is 2.62. The molecule has 0 amide bonds. The zero-order valence-corrected chi connectivity index (χ0v) is 10.5. The van der Waals surface area contributed by atoms with Crippen LogP contribution >= 0.6 is 0 Å². The van der Waals surface area contributed by atoms with E-state index in [-0.39, 0.29) is 11.6 Å². The molecular formula is C13H13F3N2O2. The molecule has 108 valence electrons. The number of hydrogen-bond donors (Lipinski definition) is 1. The number of nitro groups is 1. The molecule has 2 rings (SSSR count). The molecule has 0 bridgehead atoms.